The number of rotatable bonds is 7. The lowest BCUT2D eigenvalue weighted by atomic mass is 9.83. The average Bonchev–Trinajstić information content (AvgIpc) is 2.54. The van der Waals surface area contributed by atoms with Crippen molar-refractivity contribution in [2.75, 3.05) is 32.8 Å². The van der Waals surface area contributed by atoms with Crippen LogP contribution < -0.4 is 0 Å². The van der Waals surface area contributed by atoms with E-state index in [0.717, 1.165) is 32.1 Å². The number of nitrogens with zero attached hydrogens (tertiary/aromatic N) is 2. The van der Waals surface area contributed by atoms with Gasteiger partial charge in [0.15, 0.2) is 0 Å². The van der Waals surface area contributed by atoms with Gasteiger partial charge in [-0.2, -0.15) is 0 Å². The molecule has 1 aliphatic carbocycles. The van der Waals surface area contributed by atoms with Crippen LogP contribution in [0.5, 0.6) is 0 Å². The van der Waals surface area contributed by atoms with Gasteiger partial charge in [-0.25, -0.2) is 4.79 Å². The summed E-state index contributed by atoms with van der Waals surface area (Å²) >= 11 is 0. The van der Waals surface area contributed by atoms with E-state index in [4.69, 9.17) is 9.47 Å². The SMILES string of the molecule is CCOC(=O)CCN(C(=O)C1CCC1)C1CCN(C(=O)OCC)CC1. The fourth-order valence-electron chi connectivity index (χ4n) is 3.38. The van der Waals surface area contributed by atoms with Crippen molar-refractivity contribution in [3.8, 4) is 0 Å². The standard InChI is InChI=1S/C18H30N2O5/c1-3-24-16(21)10-13-20(17(22)14-6-5-7-14)15-8-11-19(12-9-15)18(23)25-4-2/h14-15H,3-13H2,1-2H3. The molecule has 142 valence electrons. The topological polar surface area (TPSA) is 76.2 Å². The molecule has 1 saturated carbocycles. The Bertz CT molecular complexity index is 470. The summed E-state index contributed by atoms with van der Waals surface area (Å²) in [6.45, 7) is 5.85. The van der Waals surface area contributed by atoms with Crippen molar-refractivity contribution >= 4 is 18.0 Å². The first-order chi connectivity index (χ1) is 12.1. The first-order valence-corrected chi connectivity index (χ1v) is 9.44. The number of carbonyl (C=O) groups is 3. The molecule has 2 amide bonds. The van der Waals surface area contributed by atoms with Crippen molar-refractivity contribution in [2.45, 2.75) is 58.4 Å². The smallest absolute Gasteiger partial charge is 0.409 e. The Morgan fingerprint density at radius 1 is 1.00 bits per heavy atom. The molecule has 0 radical (unpaired) electrons. The van der Waals surface area contributed by atoms with Crippen LogP contribution in [0.15, 0.2) is 0 Å². The Morgan fingerprint density at radius 2 is 1.64 bits per heavy atom. The quantitative estimate of drug-likeness (QED) is 0.655. The van der Waals surface area contributed by atoms with Gasteiger partial charge in [-0.05, 0) is 39.5 Å². The lowest BCUT2D eigenvalue weighted by Gasteiger charge is -2.40. The highest BCUT2D eigenvalue weighted by atomic mass is 16.6. The summed E-state index contributed by atoms with van der Waals surface area (Å²) < 4.78 is 10.0. The van der Waals surface area contributed by atoms with Crippen LogP contribution in [0, 0.1) is 5.92 Å². The lowest BCUT2D eigenvalue weighted by molar-refractivity contribution is -0.146. The average molecular weight is 354 g/mol. The minimum absolute atomic E-state index is 0.0770. The number of hydrogen-bond acceptors (Lipinski definition) is 5. The Balaban J connectivity index is 1.92. The van der Waals surface area contributed by atoms with Gasteiger partial charge in [-0.1, -0.05) is 6.42 Å². The predicted molar refractivity (Wildman–Crippen MR) is 91.9 cm³/mol. The molecular weight excluding hydrogens is 324 g/mol. The molecule has 1 saturated heterocycles. The third kappa shape index (κ3) is 5.34. The zero-order valence-corrected chi connectivity index (χ0v) is 15.4. The van der Waals surface area contributed by atoms with E-state index in [2.05, 4.69) is 0 Å². The van der Waals surface area contributed by atoms with Gasteiger partial charge in [-0.3, -0.25) is 9.59 Å². The highest BCUT2D eigenvalue weighted by Crippen LogP contribution is 2.30. The van der Waals surface area contributed by atoms with Gasteiger partial charge >= 0.3 is 12.1 Å². The summed E-state index contributed by atoms with van der Waals surface area (Å²) in [5.74, 6) is -0.00622. The molecule has 0 aromatic heterocycles. The van der Waals surface area contributed by atoms with Crippen LogP contribution in [-0.4, -0.2) is 66.7 Å². The second-order valence-electron chi connectivity index (χ2n) is 6.63. The summed E-state index contributed by atoms with van der Waals surface area (Å²) in [6, 6.07) is 0.0770. The zero-order valence-electron chi connectivity index (χ0n) is 15.4. The van der Waals surface area contributed by atoms with Crippen LogP contribution >= 0.6 is 0 Å². The van der Waals surface area contributed by atoms with Crippen LogP contribution in [0.25, 0.3) is 0 Å². The number of piperidine rings is 1. The molecule has 0 N–H and O–H groups in total. The lowest BCUT2D eigenvalue weighted by Crippen LogP contribution is -2.51. The van der Waals surface area contributed by atoms with Crippen molar-refractivity contribution in [3.63, 3.8) is 0 Å². The van der Waals surface area contributed by atoms with Crippen molar-refractivity contribution in [2.24, 2.45) is 5.92 Å². The van der Waals surface area contributed by atoms with Gasteiger partial charge in [0.25, 0.3) is 0 Å². The van der Waals surface area contributed by atoms with E-state index >= 15 is 0 Å². The number of esters is 1. The fourth-order valence-corrected chi connectivity index (χ4v) is 3.38. The Kier molecular flexibility index (Phi) is 7.52. The molecule has 2 fully saturated rings. The van der Waals surface area contributed by atoms with E-state index in [1.165, 1.54) is 0 Å². The normalized spacial score (nSPS) is 18.4. The molecule has 1 aliphatic heterocycles. The number of likely N-dealkylation sites (tertiary alicyclic amines) is 1. The van der Waals surface area contributed by atoms with Crippen LogP contribution in [-0.2, 0) is 19.1 Å². The van der Waals surface area contributed by atoms with E-state index in [9.17, 15) is 14.4 Å². The minimum Gasteiger partial charge on any atom is -0.466 e. The molecule has 25 heavy (non-hydrogen) atoms. The van der Waals surface area contributed by atoms with Crippen LogP contribution in [0.1, 0.15) is 52.4 Å². The second-order valence-corrected chi connectivity index (χ2v) is 6.63. The van der Waals surface area contributed by atoms with Gasteiger partial charge in [-0.15, -0.1) is 0 Å². The first-order valence-electron chi connectivity index (χ1n) is 9.44. The summed E-state index contributed by atoms with van der Waals surface area (Å²) in [5, 5.41) is 0. The summed E-state index contributed by atoms with van der Waals surface area (Å²) in [7, 11) is 0. The highest BCUT2D eigenvalue weighted by molar-refractivity contribution is 5.80. The second kappa shape index (κ2) is 9.63. The number of amides is 2. The summed E-state index contributed by atoms with van der Waals surface area (Å²) in [5.41, 5.74) is 0. The molecule has 7 heteroatoms. The molecule has 0 bridgehead atoms. The highest BCUT2D eigenvalue weighted by Gasteiger charge is 2.35. The molecule has 0 atom stereocenters. The van der Waals surface area contributed by atoms with E-state index in [0.29, 0.717) is 32.8 Å². The van der Waals surface area contributed by atoms with Crippen molar-refractivity contribution in [1.82, 2.24) is 9.80 Å². The van der Waals surface area contributed by atoms with Gasteiger partial charge in [0.1, 0.15) is 0 Å². The molecule has 2 rings (SSSR count). The third-order valence-electron chi connectivity index (χ3n) is 5.03. The summed E-state index contributed by atoms with van der Waals surface area (Å²) in [6.07, 6.45) is 4.37. The number of carbonyl (C=O) groups excluding carboxylic acids is 3. The van der Waals surface area contributed by atoms with Gasteiger partial charge < -0.3 is 19.3 Å². The van der Waals surface area contributed by atoms with Gasteiger partial charge in [0.05, 0.1) is 19.6 Å². The van der Waals surface area contributed by atoms with E-state index in [1.807, 2.05) is 4.90 Å². The molecule has 0 unspecified atom stereocenters. The Hall–Kier alpha value is -1.79. The number of ether oxygens (including phenoxy) is 2. The molecular formula is C18H30N2O5. The van der Waals surface area contributed by atoms with Crippen LogP contribution in [0.3, 0.4) is 0 Å². The Morgan fingerprint density at radius 3 is 2.16 bits per heavy atom. The van der Waals surface area contributed by atoms with Crippen molar-refractivity contribution in [3.05, 3.63) is 0 Å². The van der Waals surface area contributed by atoms with E-state index < -0.39 is 0 Å². The molecule has 0 aromatic rings. The van der Waals surface area contributed by atoms with Crippen molar-refractivity contribution in [1.29, 1.82) is 0 Å². The maximum absolute atomic E-state index is 12.8. The van der Waals surface area contributed by atoms with Gasteiger partial charge in [0, 0.05) is 31.6 Å². The molecule has 0 spiro atoms. The third-order valence-corrected chi connectivity index (χ3v) is 5.03. The van der Waals surface area contributed by atoms with E-state index in [1.54, 1.807) is 18.7 Å². The monoisotopic (exact) mass is 354 g/mol. The molecule has 7 nitrogen and oxygen atoms in total. The predicted octanol–water partition coefficient (Wildman–Crippen LogP) is 2.19. The molecule has 0 aromatic carbocycles. The molecule has 1 heterocycles. The van der Waals surface area contributed by atoms with Crippen molar-refractivity contribution < 1.29 is 23.9 Å². The summed E-state index contributed by atoms with van der Waals surface area (Å²) in [4.78, 5) is 39.8. The largest absolute Gasteiger partial charge is 0.466 e. The van der Waals surface area contributed by atoms with Crippen LogP contribution in [0.2, 0.25) is 0 Å². The Labute approximate surface area is 149 Å². The van der Waals surface area contributed by atoms with Crippen LogP contribution in [0.4, 0.5) is 4.79 Å². The first kappa shape index (κ1) is 19.5. The fraction of sp³-hybridized carbons (Fsp3) is 0.833. The number of hydrogen-bond donors (Lipinski definition) is 0. The zero-order chi connectivity index (χ0) is 18.2. The maximum atomic E-state index is 12.8. The van der Waals surface area contributed by atoms with E-state index in [-0.39, 0.29) is 36.4 Å². The maximum Gasteiger partial charge on any atom is 0.409 e. The minimum atomic E-state index is -0.288. The van der Waals surface area contributed by atoms with Gasteiger partial charge in [0.2, 0.25) is 5.91 Å². The molecule has 2 aliphatic rings.